The zero-order valence-electron chi connectivity index (χ0n) is 22.9. The van der Waals surface area contributed by atoms with Crippen molar-refractivity contribution in [2.75, 3.05) is 26.1 Å². The summed E-state index contributed by atoms with van der Waals surface area (Å²) in [5.74, 6) is 1.04. The van der Waals surface area contributed by atoms with E-state index in [1.165, 1.54) is 6.33 Å². The number of aliphatic hydroxyl groups excluding tert-OH is 1. The Labute approximate surface area is 234 Å². The first kappa shape index (κ1) is 30.9. The lowest BCUT2D eigenvalue weighted by Gasteiger charge is -2.23. The summed E-state index contributed by atoms with van der Waals surface area (Å²) in [5, 5.41) is 13.7. The fourth-order valence-corrected chi connectivity index (χ4v) is 5.31. The van der Waals surface area contributed by atoms with E-state index in [9.17, 15) is 4.79 Å². The third-order valence-corrected chi connectivity index (χ3v) is 7.32. The number of imidazole rings is 1. The van der Waals surface area contributed by atoms with Crippen LogP contribution in [0, 0.1) is 5.92 Å². The molecule has 3 N–H and O–H groups in total. The zero-order valence-corrected chi connectivity index (χ0v) is 24.5. The normalized spacial score (nSPS) is 20.3. The van der Waals surface area contributed by atoms with Crippen LogP contribution in [0.3, 0.4) is 0 Å². The van der Waals surface area contributed by atoms with Gasteiger partial charge in [0, 0.05) is 25.1 Å². The van der Waals surface area contributed by atoms with Crippen molar-refractivity contribution in [2.45, 2.75) is 58.6 Å². The molecule has 0 saturated carbocycles. The maximum Gasteiger partial charge on any atom is 0.323 e. The number of anilines is 1. The zero-order chi connectivity index (χ0) is 28.5. The number of ether oxygens (including phenoxy) is 2. The molecule has 4 rings (SSSR count). The Bertz CT molecular complexity index is 1200. The van der Waals surface area contributed by atoms with Crippen molar-refractivity contribution in [3.05, 3.63) is 41.9 Å². The average Bonchev–Trinajstić information content (AvgIpc) is 3.52. The first-order valence-electron chi connectivity index (χ1n) is 12.5. The van der Waals surface area contributed by atoms with Gasteiger partial charge in [-0.2, -0.15) is 0 Å². The maximum absolute atomic E-state index is 12.4. The Morgan fingerprint density at radius 1 is 1.23 bits per heavy atom. The van der Waals surface area contributed by atoms with Crippen molar-refractivity contribution < 1.29 is 28.4 Å². The summed E-state index contributed by atoms with van der Waals surface area (Å²) in [6.07, 6.45) is 3.33. The van der Waals surface area contributed by atoms with E-state index in [0.29, 0.717) is 27.8 Å². The summed E-state index contributed by atoms with van der Waals surface area (Å²) in [4.78, 5) is 25.5. The number of hydrogen-bond donors (Lipinski definition) is 3. The predicted molar refractivity (Wildman–Crippen MR) is 149 cm³/mol. The van der Waals surface area contributed by atoms with E-state index in [1.54, 1.807) is 58.4 Å². The molecule has 214 valence electrons. The largest absolute Gasteiger partial charge is 0.462 e. The monoisotopic (exact) mass is 582 g/mol. The number of hydrogen-bond acceptors (Lipinski definition) is 11. The number of aliphatic hydroxyl groups is 1. The van der Waals surface area contributed by atoms with Gasteiger partial charge in [-0.25, -0.2) is 20.0 Å². The molecule has 1 fully saturated rings. The molecule has 12 nitrogen and oxygen atoms in total. The van der Waals surface area contributed by atoms with Crippen LogP contribution < -0.4 is 14.9 Å². The Morgan fingerprint density at radius 3 is 2.62 bits per heavy atom. The van der Waals surface area contributed by atoms with E-state index < -0.39 is 14.6 Å². The van der Waals surface area contributed by atoms with Crippen LogP contribution in [0.25, 0.3) is 11.2 Å². The van der Waals surface area contributed by atoms with E-state index in [0.717, 1.165) is 13.5 Å². The molecule has 0 amide bonds. The van der Waals surface area contributed by atoms with Gasteiger partial charge < -0.3 is 28.9 Å². The second kappa shape index (κ2) is 14.7. The number of nitrogens with one attached hydrogen (secondary N) is 2. The maximum atomic E-state index is 12.4. The van der Waals surface area contributed by atoms with Crippen LogP contribution in [-0.4, -0.2) is 69.6 Å². The molecule has 0 aliphatic carbocycles. The fourth-order valence-electron chi connectivity index (χ4n) is 3.96. The van der Waals surface area contributed by atoms with Crippen molar-refractivity contribution in [1.82, 2.24) is 24.6 Å². The minimum absolute atomic E-state index is 0.190. The number of carbonyl (C=O) groups is 1. The SMILES string of the molecule is CNc1ncnc2c1ncn2C1OC(COP(NC(C)C(=O)OC(C)C)Oc2ccc(Cl)cc2)CC1C.CO. The van der Waals surface area contributed by atoms with E-state index in [-0.39, 0.29) is 36.9 Å². The van der Waals surface area contributed by atoms with Crippen LogP contribution in [0.5, 0.6) is 5.75 Å². The molecular weight excluding hydrogens is 547 g/mol. The van der Waals surface area contributed by atoms with Gasteiger partial charge in [0.05, 0.1) is 25.1 Å². The Kier molecular flexibility index (Phi) is 11.7. The first-order valence-corrected chi connectivity index (χ1v) is 14.1. The van der Waals surface area contributed by atoms with Crippen molar-refractivity contribution in [3.63, 3.8) is 0 Å². The minimum atomic E-state index is -1.69. The smallest absolute Gasteiger partial charge is 0.323 e. The van der Waals surface area contributed by atoms with Crippen LogP contribution in [0.1, 0.15) is 40.3 Å². The van der Waals surface area contributed by atoms with Crippen LogP contribution in [0.4, 0.5) is 5.82 Å². The highest BCUT2D eigenvalue weighted by Gasteiger charge is 2.36. The topological polar surface area (TPSA) is 142 Å². The lowest BCUT2D eigenvalue weighted by Crippen LogP contribution is -2.35. The molecule has 1 aliphatic heterocycles. The number of fused-ring (bicyclic) bond motifs is 1. The Morgan fingerprint density at radius 2 is 1.95 bits per heavy atom. The van der Waals surface area contributed by atoms with Gasteiger partial charge in [-0.15, -0.1) is 0 Å². The number of halogens is 1. The van der Waals surface area contributed by atoms with Crippen molar-refractivity contribution in [1.29, 1.82) is 0 Å². The van der Waals surface area contributed by atoms with Crippen LogP contribution in [0.15, 0.2) is 36.9 Å². The van der Waals surface area contributed by atoms with Gasteiger partial charge in [-0.3, -0.25) is 9.36 Å². The molecule has 14 heteroatoms. The second-order valence-corrected chi connectivity index (χ2v) is 10.7. The van der Waals surface area contributed by atoms with Gasteiger partial charge >= 0.3 is 14.5 Å². The van der Waals surface area contributed by atoms with Crippen molar-refractivity contribution in [2.24, 2.45) is 5.92 Å². The summed E-state index contributed by atoms with van der Waals surface area (Å²) in [6, 6.07) is 6.32. The molecule has 2 aromatic heterocycles. The lowest BCUT2D eigenvalue weighted by molar-refractivity contribution is -0.149. The molecule has 1 aliphatic rings. The van der Waals surface area contributed by atoms with Crippen LogP contribution in [-0.2, 0) is 18.8 Å². The van der Waals surface area contributed by atoms with E-state index in [2.05, 4.69) is 32.3 Å². The summed E-state index contributed by atoms with van der Waals surface area (Å²) < 4.78 is 25.8. The molecule has 0 spiro atoms. The summed E-state index contributed by atoms with van der Waals surface area (Å²) in [7, 11) is 1.11. The average molecular weight is 583 g/mol. The van der Waals surface area contributed by atoms with E-state index >= 15 is 0 Å². The summed E-state index contributed by atoms with van der Waals surface area (Å²) in [5.41, 5.74) is 1.39. The molecular formula is C25H36ClN6O6P. The van der Waals surface area contributed by atoms with Crippen LogP contribution >= 0.6 is 20.1 Å². The van der Waals surface area contributed by atoms with Gasteiger partial charge in [0.15, 0.2) is 11.5 Å². The molecule has 0 radical (unpaired) electrons. The molecule has 0 bridgehead atoms. The molecule has 39 heavy (non-hydrogen) atoms. The quantitative estimate of drug-likeness (QED) is 0.220. The lowest BCUT2D eigenvalue weighted by atomic mass is 10.1. The highest BCUT2D eigenvalue weighted by atomic mass is 35.5. The Balaban J connectivity index is 0.00000205. The first-order chi connectivity index (χ1) is 18.7. The van der Waals surface area contributed by atoms with Gasteiger partial charge in [-0.05, 0) is 51.5 Å². The molecule has 3 aromatic rings. The van der Waals surface area contributed by atoms with Gasteiger partial charge in [0.1, 0.15) is 29.9 Å². The van der Waals surface area contributed by atoms with Crippen LogP contribution in [0.2, 0.25) is 5.02 Å². The highest BCUT2D eigenvalue weighted by Crippen LogP contribution is 2.40. The van der Waals surface area contributed by atoms with Gasteiger partial charge in [0.25, 0.3) is 0 Å². The number of benzene rings is 1. The van der Waals surface area contributed by atoms with Crippen molar-refractivity contribution in [3.8, 4) is 5.75 Å². The predicted octanol–water partition coefficient (Wildman–Crippen LogP) is 4.31. The third-order valence-electron chi connectivity index (χ3n) is 5.71. The summed E-state index contributed by atoms with van der Waals surface area (Å²) >= 11 is 6.00. The number of aromatic nitrogens is 4. The number of esters is 1. The van der Waals surface area contributed by atoms with E-state index in [1.807, 2.05) is 4.57 Å². The second-order valence-electron chi connectivity index (χ2n) is 9.09. The number of nitrogens with zero attached hydrogens (tertiary/aromatic N) is 4. The highest BCUT2D eigenvalue weighted by molar-refractivity contribution is 7.45. The van der Waals surface area contributed by atoms with E-state index in [4.69, 9.17) is 35.2 Å². The Hall–Kier alpha value is -2.60. The molecule has 3 heterocycles. The van der Waals surface area contributed by atoms with Gasteiger partial charge in [0.2, 0.25) is 0 Å². The van der Waals surface area contributed by atoms with Gasteiger partial charge in [-0.1, -0.05) is 18.5 Å². The third kappa shape index (κ3) is 8.20. The summed E-state index contributed by atoms with van der Waals surface area (Å²) in [6.45, 7) is 7.70. The number of rotatable bonds is 11. The van der Waals surface area contributed by atoms with Crippen molar-refractivity contribution >= 4 is 43.1 Å². The molecule has 1 saturated heterocycles. The molecule has 5 unspecified atom stereocenters. The number of carbonyl (C=O) groups excluding carboxylic acids is 1. The minimum Gasteiger partial charge on any atom is -0.462 e. The molecule has 5 atom stereocenters. The molecule has 1 aromatic carbocycles. The fraction of sp³-hybridized carbons (Fsp3) is 0.520. The standard InChI is InChI=1S/C24H32ClN6O5P.CH4O/c1-14(2)34-24(32)16(4)30-37(36-18-8-6-17(25)7-9-18)33-11-19-10-15(3)23(35-19)31-13-29-20-21(26-5)27-12-28-22(20)31;1-2/h6-9,12-16,19,23,30H,10-11H2,1-5H3,(H,26,27,28);2H,1H3.